The van der Waals surface area contributed by atoms with Crippen LogP contribution in [0.4, 0.5) is 5.69 Å². The number of benzene rings is 2. The zero-order valence-electron chi connectivity index (χ0n) is 16.2. The Hall–Kier alpha value is -3.41. The fraction of sp³-hybridized carbons (Fsp3) is 0.227. The van der Waals surface area contributed by atoms with Gasteiger partial charge < -0.3 is 15.4 Å². The summed E-state index contributed by atoms with van der Waals surface area (Å²) < 4.78 is 4.87. The second-order valence-corrected chi connectivity index (χ2v) is 6.42. The largest absolute Gasteiger partial charge is 0.452 e. The van der Waals surface area contributed by atoms with Crippen molar-refractivity contribution in [2.45, 2.75) is 20.8 Å². The first-order valence-electron chi connectivity index (χ1n) is 8.89. The molecule has 0 aromatic heterocycles. The molecule has 0 aliphatic heterocycles. The summed E-state index contributed by atoms with van der Waals surface area (Å²) in [5.41, 5.74) is 4.71. The highest BCUT2D eigenvalue weighted by atomic mass is 16.5. The van der Waals surface area contributed by atoms with Crippen molar-refractivity contribution in [1.29, 1.82) is 0 Å². The van der Waals surface area contributed by atoms with Crippen molar-refractivity contribution in [1.82, 2.24) is 5.32 Å². The van der Waals surface area contributed by atoms with E-state index in [1.165, 1.54) is 6.08 Å². The monoisotopic (exact) mass is 380 g/mol. The standard InChI is InChI=1S/C22H24N2O4/c1-15-7-9-18(10-8-15)11-12-22(27)28-14-21(26)23-13-20(25)24-19-6-4-5-16(2)17(19)3/h4-12H,13-14H2,1-3H3,(H,23,26)(H,24,25)/b12-11+. The van der Waals surface area contributed by atoms with Crippen molar-refractivity contribution in [3.8, 4) is 0 Å². The Bertz CT molecular complexity index is 886. The van der Waals surface area contributed by atoms with Crippen LogP contribution in [0.15, 0.2) is 48.5 Å². The molecule has 2 N–H and O–H groups in total. The summed E-state index contributed by atoms with van der Waals surface area (Å²) in [5.74, 6) is -1.53. The SMILES string of the molecule is Cc1ccc(/C=C/C(=O)OCC(=O)NCC(=O)Nc2cccc(C)c2C)cc1. The summed E-state index contributed by atoms with van der Waals surface area (Å²) in [7, 11) is 0. The van der Waals surface area contributed by atoms with Crippen LogP contribution in [0, 0.1) is 20.8 Å². The highest BCUT2D eigenvalue weighted by Gasteiger charge is 2.09. The fourth-order valence-corrected chi connectivity index (χ4v) is 2.34. The van der Waals surface area contributed by atoms with Crippen molar-refractivity contribution < 1.29 is 19.1 Å². The van der Waals surface area contributed by atoms with Gasteiger partial charge in [-0.15, -0.1) is 0 Å². The highest BCUT2D eigenvalue weighted by Crippen LogP contribution is 2.17. The van der Waals surface area contributed by atoms with Gasteiger partial charge in [-0.1, -0.05) is 42.0 Å². The van der Waals surface area contributed by atoms with Crippen LogP contribution < -0.4 is 10.6 Å². The predicted octanol–water partition coefficient (Wildman–Crippen LogP) is 2.92. The molecule has 0 fully saturated rings. The molecule has 0 aliphatic rings. The number of ether oxygens (including phenoxy) is 1. The number of hydrogen-bond donors (Lipinski definition) is 2. The lowest BCUT2D eigenvalue weighted by Crippen LogP contribution is -2.35. The summed E-state index contributed by atoms with van der Waals surface area (Å²) in [5, 5.41) is 5.16. The number of esters is 1. The van der Waals surface area contributed by atoms with Gasteiger partial charge in [-0.25, -0.2) is 4.79 Å². The highest BCUT2D eigenvalue weighted by molar-refractivity contribution is 5.95. The van der Waals surface area contributed by atoms with E-state index in [4.69, 9.17) is 4.74 Å². The van der Waals surface area contributed by atoms with E-state index in [2.05, 4.69) is 10.6 Å². The molecule has 6 nitrogen and oxygen atoms in total. The summed E-state index contributed by atoms with van der Waals surface area (Å²) >= 11 is 0. The number of hydrogen-bond acceptors (Lipinski definition) is 4. The second-order valence-electron chi connectivity index (χ2n) is 6.42. The molecule has 0 saturated carbocycles. The molecule has 0 bridgehead atoms. The first-order chi connectivity index (χ1) is 13.3. The molecule has 2 aromatic carbocycles. The maximum Gasteiger partial charge on any atom is 0.331 e. The van der Waals surface area contributed by atoms with Gasteiger partial charge in [0, 0.05) is 11.8 Å². The van der Waals surface area contributed by atoms with E-state index in [9.17, 15) is 14.4 Å². The average Bonchev–Trinajstić information content (AvgIpc) is 2.68. The molecule has 0 unspecified atom stereocenters. The molecule has 2 rings (SSSR count). The molecule has 2 aromatic rings. The third-order valence-electron chi connectivity index (χ3n) is 4.16. The van der Waals surface area contributed by atoms with Crippen LogP contribution in [0.25, 0.3) is 6.08 Å². The number of aryl methyl sites for hydroxylation is 2. The Labute approximate surface area is 164 Å². The van der Waals surface area contributed by atoms with E-state index in [1.807, 2.05) is 57.2 Å². The minimum atomic E-state index is -0.629. The Balaban J connectivity index is 1.71. The van der Waals surface area contributed by atoms with Gasteiger partial charge >= 0.3 is 5.97 Å². The molecule has 28 heavy (non-hydrogen) atoms. The predicted molar refractivity (Wildman–Crippen MR) is 109 cm³/mol. The van der Waals surface area contributed by atoms with Gasteiger partial charge in [-0.2, -0.15) is 0 Å². The summed E-state index contributed by atoms with van der Waals surface area (Å²) in [4.78, 5) is 35.4. The molecule has 146 valence electrons. The Kier molecular flexibility index (Phi) is 7.51. The zero-order valence-corrected chi connectivity index (χ0v) is 16.2. The molecule has 6 heteroatoms. The molecule has 0 radical (unpaired) electrons. The van der Waals surface area contributed by atoms with Gasteiger partial charge in [0.2, 0.25) is 5.91 Å². The zero-order chi connectivity index (χ0) is 20.5. The van der Waals surface area contributed by atoms with E-state index in [1.54, 1.807) is 12.1 Å². The number of carbonyl (C=O) groups excluding carboxylic acids is 3. The van der Waals surface area contributed by atoms with Crippen LogP contribution >= 0.6 is 0 Å². The first kappa shape index (κ1) is 20.9. The van der Waals surface area contributed by atoms with E-state index < -0.39 is 18.5 Å². The molecular formula is C22H24N2O4. The van der Waals surface area contributed by atoms with Crippen molar-refractivity contribution in [2.24, 2.45) is 0 Å². The van der Waals surface area contributed by atoms with Gasteiger partial charge in [-0.3, -0.25) is 9.59 Å². The molecule has 0 heterocycles. The Morgan fingerprint density at radius 3 is 2.39 bits per heavy atom. The Morgan fingerprint density at radius 2 is 1.68 bits per heavy atom. The molecule has 0 atom stereocenters. The minimum absolute atomic E-state index is 0.205. The second kappa shape index (κ2) is 10.1. The van der Waals surface area contributed by atoms with Crippen LogP contribution in [0.2, 0.25) is 0 Å². The van der Waals surface area contributed by atoms with Crippen LogP contribution in [-0.4, -0.2) is 30.9 Å². The summed E-state index contributed by atoms with van der Waals surface area (Å²) in [6, 6.07) is 13.2. The quantitative estimate of drug-likeness (QED) is 0.571. The molecule has 0 spiro atoms. The molecule has 0 saturated heterocycles. The lowest BCUT2D eigenvalue weighted by atomic mass is 10.1. The van der Waals surface area contributed by atoms with E-state index in [0.29, 0.717) is 5.69 Å². The number of anilines is 1. The number of amides is 2. The third kappa shape index (κ3) is 6.72. The third-order valence-corrected chi connectivity index (χ3v) is 4.16. The summed E-state index contributed by atoms with van der Waals surface area (Å²) in [6.07, 6.45) is 2.86. The Morgan fingerprint density at radius 1 is 0.964 bits per heavy atom. The van der Waals surface area contributed by atoms with Gasteiger partial charge in [0.25, 0.3) is 5.91 Å². The van der Waals surface area contributed by atoms with Crippen molar-refractivity contribution in [3.63, 3.8) is 0 Å². The summed E-state index contributed by atoms with van der Waals surface area (Å²) in [6.45, 7) is 5.18. The lowest BCUT2D eigenvalue weighted by molar-refractivity contribution is -0.143. The van der Waals surface area contributed by atoms with Gasteiger partial charge in [0.15, 0.2) is 6.61 Å². The van der Waals surface area contributed by atoms with Crippen LogP contribution in [0.3, 0.4) is 0 Å². The number of nitrogens with one attached hydrogen (secondary N) is 2. The van der Waals surface area contributed by atoms with E-state index >= 15 is 0 Å². The van der Waals surface area contributed by atoms with Crippen molar-refractivity contribution >= 4 is 29.5 Å². The average molecular weight is 380 g/mol. The smallest absolute Gasteiger partial charge is 0.331 e. The topological polar surface area (TPSA) is 84.5 Å². The molecule has 2 amide bonds. The fourth-order valence-electron chi connectivity index (χ4n) is 2.34. The number of rotatable bonds is 7. The number of carbonyl (C=O) groups is 3. The minimum Gasteiger partial charge on any atom is -0.452 e. The van der Waals surface area contributed by atoms with Crippen LogP contribution in [0.1, 0.15) is 22.3 Å². The van der Waals surface area contributed by atoms with E-state index in [0.717, 1.165) is 22.3 Å². The van der Waals surface area contributed by atoms with Gasteiger partial charge in [0.1, 0.15) is 0 Å². The maximum atomic E-state index is 12.0. The van der Waals surface area contributed by atoms with Crippen molar-refractivity contribution in [2.75, 3.05) is 18.5 Å². The maximum absolute atomic E-state index is 12.0. The lowest BCUT2D eigenvalue weighted by Gasteiger charge is -2.11. The van der Waals surface area contributed by atoms with Gasteiger partial charge in [-0.05, 0) is 49.6 Å². The van der Waals surface area contributed by atoms with Crippen molar-refractivity contribution in [3.05, 3.63) is 70.8 Å². The molecular weight excluding hydrogens is 356 g/mol. The first-order valence-corrected chi connectivity index (χ1v) is 8.89. The van der Waals surface area contributed by atoms with E-state index in [-0.39, 0.29) is 12.5 Å². The molecule has 0 aliphatic carbocycles. The normalized spacial score (nSPS) is 10.5. The van der Waals surface area contributed by atoms with Crippen LogP contribution in [0.5, 0.6) is 0 Å². The van der Waals surface area contributed by atoms with Gasteiger partial charge in [0.05, 0.1) is 6.54 Å². The van der Waals surface area contributed by atoms with Crippen LogP contribution in [-0.2, 0) is 19.1 Å².